The number of carbonyl (C=O) groups is 2. The lowest BCUT2D eigenvalue weighted by Crippen LogP contribution is -2.04. The molecule has 0 aliphatic heterocycles. The molecule has 0 radical (unpaired) electrons. The average Bonchev–Trinajstić information content (AvgIpc) is 3.09. The van der Waals surface area contributed by atoms with E-state index in [0.717, 1.165) is 15.6 Å². The van der Waals surface area contributed by atoms with Crippen LogP contribution in [0.15, 0.2) is 71.3 Å². The molecule has 3 rings (SSSR count). The normalized spacial score (nSPS) is 11.0. The highest BCUT2D eigenvalue weighted by Crippen LogP contribution is 2.25. The van der Waals surface area contributed by atoms with Crippen molar-refractivity contribution < 1.29 is 14.7 Å². The Morgan fingerprint density at radius 3 is 2.44 bits per heavy atom. The van der Waals surface area contributed by atoms with Gasteiger partial charge in [-0.25, -0.2) is 0 Å². The van der Waals surface area contributed by atoms with E-state index in [1.54, 1.807) is 29.1 Å². The smallest absolute Gasteiger partial charge is 0.305 e. The van der Waals surface area contributed by atoms with E-state index in [2.05, 4.69) is 21.0 Å². The number of hydrogen-bond acceptors (Lipinski definition) is 3. The topological polar surface area (TPSA) is 72.2 Å². The number of carboxylic acids is 1. The Kier molecular flexibility index (Phi) is 5.98. The molecule has 6 heteroatoms. The van der Waals surface area contributed by atoms with Crippen molar-refractivity contribution >= 4 is 33.8 Å². The molecule has 3 aromatic rings. The second-order valence-electron chi connectivity index (χ2n) is 5.91. The second kappa shape index (κ2) is 8.60. The Hall–Kier alpha value is -2.99. The summed E-state index contributed by atoms with van der Waals surface area (Å²) in [5.41, 5.74) is 2.95. The van der Waals surface area contributed by atoms with Crippen molar-refractivity contribution in [1.82, 2.24) is 9.78 Å². The maximum atomic E-state index is 12.3. The zero-order chi connectivity index (χ0) is 19.2. The van der Waals surface area contributed by atoms with E-state index in [-0.39, 0.29) is 18.7 Å². The largest absolute Gasteiger partial charge is 0.481 e. The molecule has 27 heavy (non-hydrogen) atoms. The first-order chi connectivity index (χ1) is 13.0. The lowest BCUT2D eigenvalue weighted by Gasteiger charge is -2.00. The number of benzene rings is 2. The van der Waals surface area contributed by atoms with Gasteiger partial charge in [-0.1, -0.05) is 58.4 Å². The molecule has 0 saturated heterocycles. The predicted octanol–water partition coefficient (Wildman–Crippen LogP) is 4.68. The number of nitrogens with zero attached hydrogens (tertiary/aromatic N) is 2. The van der Waals surface area contributed by atoms with Crippen LogP contribution in [0.1, 0.15) is 22.3 Å². The third kappa shape index (κ3) is 5.01. The Balaban J connectivity index is 1.91. The number of hydrogen-bond donors (Lipinski definition) is 1. The van der Waals surface area contributed by atoms with Crippen molar-refractivity contribution in [2.24, 2.45) is 0 Å². The maximum Gasteiger partial charge on any atom is 0.305 e. The summed E-state index contributed by atoms with van der Waals surface area (Å²) in [6.07, 6.45) is 4.97. The third-order valence-corrected chi connectivity index (χ3v) is 4.46. The van der Waals surface area contributed by atoms with Crippen molar-refractivity contribution in [1.29, 1.82) is 0 Å². The van der Waals surface area contributed by atoms with Crippen molar-refractivity contribution in [2.75, 3.05) is 0 Å². The first-order valence-electron chi connectivity index (χ1n) is 8.35. The summed E-state index contributed by atoms with van der Waals surface area (Å²) in [7, 11) is 0. The molecule has 0 unspecified atom stereocenters. The van der Waals surface area contributed by atoms with E-state index in [4.69, 9.17) is 5.11 Å². The molecule has 5 nitrogen and oxygen atoms in total. The predicted molar refractivity (Wildman–Crippen MR) is 107 cm³/mol. The summed E-state index contributed by atoms with van der Waals surface area (Å²) in [6.45, 7) is 0.263. The van der Waals surface area contributed by atoms with Gasteiger partial charge in [-0.2, -0.15) is 5.10 Å². The number of aromatic nitrogens is 2. The number of allylic oxidation sites excluding steroid dienone is 1. The Morgan fingerprint density at radius 2 is 1.78 bits per heavy atom. The average molecular weight is 425 g/mol. The van der Waals surface area contributed by atoms with Crippen LogP contribution >= 0.6 is 15.9 Å². The molecule has 0 fully saturated rings. The molecule has 0 saturated carbocycles. The maximum absolute atomic E-state index is 12.3. The van der Waals surface area contributed by atoms with E-state index in [1.165, 1.54) is 6.08 Å². The fourth-order valence-corrected chi connectivity index (χ4v) is 2.84. The van der Waals surface area contributed by atoms with Gasteiger partial charge in [0.1, 0.15) is 0 Å². The molecular formula is C21H17BrN2O3. The van der Waals surface area contributed by atoms with Gasteiger partial charge in [-0.3, -0.25) is 14.3 Å². The molecule has 136 valence electrons. The van der Waals surface area contributed by atoms with Crippen LogP contribution in [0.2, 0.25) is 0 Å². The Labute approximate surface area is 165 Å². The molecule has 0 aliphatic carbocycles. The number of carboxylic acid groups (broad SMARTS) is 1. The van der Waals surface area contributed by atoms with Gasteiger partial charge >= 0.3 is 5.97 Å². The fourth-order valence-electron chi connectivity index (χ4n) is 2.58. The van der Waals surface area contributed by atoms with Crippen LogP contribution in [0.25, 0.3) is 17.3 Å². The highest BCUT2D eigenvalue weighted by atomic mass is 79.9. The molecular weight excluding hydrogens is 408 g/mol. The van der Waals surface area contributed by atoms with Crippen LogP contribution in [-0.2, 0) is 11.3 Å². The highest BCUT2D eigenvalue weighted by Gasteiger charge is 2.11. The van der Waals surface area contributed by atoms with Crippen molar-refractivity contribution in [2.45, 2.75) is 13.0 Å². The zero-order valence-corrected chi connectivity index (χ0v) is 16.0. The first kappa shape index (κ1) is 18.8. The minimum atomic E-state index is -0.882. The zero-order valence-electron chi connectivity index (χ0n) is 14.4. The van der Waals surface area contributed by atoms with Gasteiger partial charge in [0.2, 0.25) is 0 Å². The molecule has 2 aromatic carbocycles. The van der Waals surface area contributed by atoms with E-state index in [0.29, 0.717) is 11.3 Å². The van der Waals surface area contributed by atoms with E-state index >= 15 is 0 Å². The molecule has 1 heterocycles. The minimum Gasteiger partial charge on any atom is -0.481 e. The van der Waals surface area contributed by atoms with Gasteiger partial charge in [0.15, 0.2) is 5.78 Å². The molecule has 0 spiro atoms. The summed E-state index contributed by atoms with van der Waals surface area (Å²) in [5.74, 6) is -0.984. The number of aryl methyl sites for hydroxylation is 1. The summed E-state index contributed by atoms with van der Waals surface area (Å²) in [5, 5.41) is 13.4. The van der Waals surface area contributed by atoms with Crippen molar-refractivity contribution in [3.8, 4) is 11.3 Å². The summed E-state index contributed by atoms with van der Waals surface area (Å²) in [4.78, 5) is 23.2. The van der Waals surface area contributed by atoms with Crippen LogP contribution in [0, 0.1) is 0 Å². The second-order valence-corrected chi connectivity index (χ2v) is 6.83. The molecule has 0 atom stereocenters. The van der Waals surface area contributed by atoms with E-state index in [1.807, 2.05) is 42.5 Å². The summed E-state index contributed by atoms with van der Waals surface area (Å²) < 4.78 is 2.55. The van der Waals surface area contributed by atoms with Gasteiger partial charge in [-0.15, -0.1) is 0 Å². The van der Waals surface area contributed by atoms with Crippen molar-refractivity contribution in [3.05, 3.63) is 82.5 Å². The van der Waals surface area contributed by atoms with E-state index in [9.17, 15) is 9.59 Å². The van der Waals surface area contributed by atoms with Crippen LogP contribution in [-0.4, -0.2) is 26.6 Å². The van der Waals surface area contributed by atoms with Gasteiger partial charge in [0.25, 0.3) is 0 Å². The monoisotopic (exact) mass is 424 g/mol. The van der Waals surface area contributed by atoms with Crippen LogP contribution in [0.5, 0.6) is 0 Å². The first-order valence-corrected chi connectivity index (χ1v) is 9.15. The molecule has 1 N–H and O–H groups in total. The van der Waals surface area contributed by atoms with Gasteiger partial charge < -0.3 is 5.11 Å². The summed E-state index contributed by atoms with van der Waals surface area (Å²) in [6, 6.07) is 16.7. The molecule has 0 bridgehead atoms. The SMILES string of the molecule is O=C(O)CCn1cc(C=CC(=O)c2ccccc2)c(-c2ccc(Br)cc2)n1. The van der Waals surface area contributed by atoms with Crippen molar-refractivity contribution in [3.63, 3.8) is 0 Å². The lowest BCUT2D eigenvalue weighted by molar-refractivity contribution is -0.137. The fraction of sp³-hybridized carbons (Fsp3) is 0.0952. The van der Waals surface area contributed by atoms with Gasteiger partial charge in [0.05, 0.1) is 18.7 Å². The number of rotatable bonds is 7. The standard InChI is InChI=1S/C21H17BrN2O3/c22-18-9-6-16(7-10-18)21-17(14-24(23-21)13-12-20(26)27)8-11-19(25)15-4-2-1-3-5-15/h1-11,14H,12-13H2,(H,26,27). The number of carbonyl (C=O) groups excluding carboxylic acids is 1. The van der Waals surface area contributed by atoms with Crippen LogP contribution in [0.3, 0.4) is 0 Å². The van der Waals surface area contributed by atoms with E-state index < -0.39 is 5.97 Å². The minimum absolute atomic E-state index is 0.0203. The van der Waals surface area contributed by atoms with Gasteiger partial charge in [-0.05, 0) is 24.3 Å². The van der Waals surface area contributed by atoms with Crippen LogP contribution < -0.4 is 0 Å². The Morgan fingerprint density at radius 1 is 1.07 bits per heavy atom. The Bertz CT molecular complexity index is 976. The third-order valence-electron chi connectivity index (χ3n) is 3.93. The lowest BCUT2D eigenvalue weighted by atomic mass is 10.1. The van der Waals surface area contributed by atoms with Gasteiger partial charge in [0, 0.05) is 27.4 Å². The molecule has 0 amide bonds. The highest BCUT2D eigenvalue weighted by molar-refractivity contribution is 9.10. The van der Waals surface area contributed by atoms with Crippen LogP contribution in [0.4, 0.5) is 0 Å². The summed E-state index contributed by atoms with van der Waals surface area (Å²) >= 11 is 3.41. The quantitative estimate of drug-likeness (QED) is 0.441. The molecule has 0 aliphatic rings. The molecule has 1 aromatic heterocycles. The number of aliphatic carboxylic acids is 1. The number of halogens is 1. The number of ketones is 1.